The molecule has 0 saturated carbocycles. The van der Waals surface area contributed by atoms with Gasteiger partial charge in [0.05, 0.1) is 18.0 Å². The summed E-state index contributed by atoms with van der Waals surface area (Å²) >= 11 is 0. The molecule has 2 aromatic carbocycles. The minimum Gasteiger partial charge on any atom is -0.481 e. The Morgan fingerprint density at radius 1 is 1.11 bits per heavy atom. The van der Waals surface area contributed by atoms with E-state index in [0.717, 1.165) is 17.7 Å². The SMILES string of the molecule is CCC(C(=O)NCC#CCOc1cccc(C(F)(F)F)c1)c1ccccc1. The quantitative estimate of drug-likeness (QED) is 0.760. The lowest BCUT2D eigenvalue weighted by Gasteiger charge is -2.14. The van der Waals surface area contributed by atoms with Gasteiger partial charge >= 0.3 is 6.18 Å². The molecule has 0 radical (unpaired) electrons. The van der Waals surface area contributed by atoms with Gasteiger partial charge in [-0.05, 0) is 30.2 Å². The normalized spacial score (nSPS) is 11.9. The number of nitrogens with one attached hydrogen (secondary N) is 1. The Kier molecular flexibility index (Phi) is 7.30. The zero-order valence-electron chi connectivity index (χ0n) is 14.8. The number of benzene rings is 2. The van der Waals surface area contributed by atoms with E-state index in [9.17, 15) is 18.0 Å². The first-order valence-corrected chi connectivity index (χ1v) is 8.50. The largest absolute Gasteiger partial charge is 0.481 e. The van der Waals surface area contributed by atoms with Crippen LogP contribution >= 0.6 is 0 Å². The molecule has 1 atom stereocenters. The van der Waals surface area contributed by atoms with Crippen molar-refractivity contribution in [1.82, 2.24) is 5.32 Å². The summed E-state index contributed by atoms with van der Waals surface area (Å²) < 4.78 is 43.1. The first-order valence-electron chi connectivity index (χ1n) is 8.50. The van der Waals surface area contributed by atoms with Crippen LogP contribution in [0.4, 0.5) is 13.2 Å². The maximum atomic E-state index is 12.6. The van der Waals surface area contributed by atoms with Gasteiger partial charge in [0.1, 0.15) is 12.4 Å². The van der Waals surface area contributed by atoms with Crippen LogP contribution in [0.15, 0.2) is 54.6 Å². The molecule has 0 aromatic heterocycles. The molecule has 0 heterocycles. The second kappa shape index (κ2) is 9.67. The summed E-state index contributed by atoms with van der Waals surface area (Å²) in [6.07, 6.45) is -3.74. The molecule has 1 N–H and O–H groups in total. The third-order valence-electron chi connectivity index (χ3n) is 3.88. The van der Waals surface area contributed by atoms with Gasteiger partial charge in [-0.25, -0.2) is 0 Å². The Morgan fingerprint density at radius 3 is 2.52 bits per heavy atom. The van der Waals surface area contributed by atoms with Crippen LogP contribution in [-0.2, 0) is 11.0 Å². The number of carbonyl (C=O) groups is 1. The van der Waals surface area contributed by atoms with E-state index >= 15 is 0 Å². The van der Waals surface area contributed by atoms with E-state index in [4.69, 9.17) is 4.74 Å². The van der Waals surface area contributed by atoms with Gasteiger partial charge in [0.15, 0.2) is 0 Å². The number of alkyl halides is 3. The summed E-state index contributed by atoms with van der Waals surface area (Å²) in [7, 11) is 0. The van der Waals surface area contributed by atoms with Crippen LogP contribution in [0.2, 0.25) is 0 Å². The lowest BCUT2D eigenvalue weighted by molar-refractivity contribution is -0.137. The zero-order valence-corrected chi connectivity index (χ0v) is 14.8. The minimum atomic E-state index is -4.41. The van der Waals surface area contributed by atoms with Gasteiger partial charge in [-0.3, -0.25) is 4.79 Å². The Balaban J connectivity index is 1.80. The summed E-state index contributed by atoms with van der Waals surface area (Å²) in [5, 5.41) is 2.74. The predicted molar refractivity (Wildman–Crippen MR) is 97.2 cm³/mol. The van der Waals surface area contributed by atoms with E-state index in [1.807, 2.05) is 37.3 Å². The van der Waals surface area contributed by atoms with Gasteiger partial charge in [-0.15, -0.1) is 0 Å². The van der Waals surface area contributed by atoms with E-state index in [1.165, 1.54) is 12.1 Å². The molecule has 0 saturated heterocycles. The Labute approximate surface area is 156 Å². The number of ether oxygens (including phenoxy) is 1. The van der Waals surface area contributed by atoms with Crippen LogP contribution in [0.1, 0.15) is 30.4 Å². The molecule has 27 heavy (non-hydrogen) atoms. The smallest absolute Gasteiger partial charge is 0.416 e. The maximum absolute atomic E-state index is 12.6. The van der Waals surface area contributed by atoms with Crippen molar-refractivity contribution < 1.29 is 22.7 Å². The van der Waals surface area contributed by atoms with Crippen molar-refractivity contribution in [3.05, 3.63) is 65.7 Å². The van der Waals surface area contributed by atoms with Crippen molar-refractivity contribution >= 4 is 5.91 Å². The molecule has 1 amide bonds. The van der Waals surface area contributed by atoms with Crippen LogP contribution in [0, 0.1) is 11.8 Å². The second-order valence-electron chi connectivity index (χ2n) is 5.76. The monoisotopic (exact) mass is 375 g/mol. The van der Waals surface area contributed by atoms with Gasteiger partial charge < -0.3 is 10.1 Å². The molecular formula is C21H20F3NO2. The highest BCUT2D eigenvalue weighted by molar-refractivity contribution is 5.83. The number of halogens is 3. The van der Waals surface area contributed by atoms with E-state index in [1.54, 1.807) is 0 Å². The zero-order chi connectivity index (χ0) is 19.7. The maximum Gasteiger partial charge on any atom is 0.416 e. The summed E-state index contributed by atoms with van der Waals surface area (Å²) in [5.41, 5.74) is 0.171. The van der Waals surface area contributed by atoms with Crippen molar-refractivity contribution in [3.63, 3.8) is 0 Å². The number of carbonyl (C=O) groups excluding carboxylic acids is 1. The molecule has 1 unspecified atom stereocenters. The van der Waals surface area contributed by atoms with Crippen molar-refractivity contribution in [2.24, 2.45) is 0 Å². The first-order chi connectivity index (χ1) is 12.9. The molecule has 6 heteroatoms. The molecule has 0 spiro atoms. The Morgan fingerprint density at radius 2 is 1.85 bits per heavy atom. The molecular weight excluding hydrogens is 355 g/mol. The average molecular weight is 375 g/mol. The molecule has 2 aromatic rings. The second-order valence-corrected chi connectivity index (χ2v) is 5.76. The van der Waals surface area contributed by atoms with E-state index in [-0.39, 0.29) is 30.7 Å². The van der Waals surface area contributed by atoms with Crippen LogP contribution in [-0.4, -0.2) is 19.1 Å². The molecule has 0 bridgehead atoms. The highest BCUT2D eigenvalue weighted by atomic mass is 19.4. The van der Waals surface area contributed by atoms with Crippen molar-refractivity contribution in [1.29, 1.82) is 0 Å². The lowest BCUT2D eigenvalue weighted by atomic mass is 9.96. The Hall–Kier alpha value is -2.94. The van der Waals surface area contributed by atoms with Crippen molar-refractivity contribution in [2.75, 3.05) is 13.2 Å². The molecule has 142 valence electrons. The van der Waals surface area contributed by atoms with Crippen LogP contribution < -0.4 is 10.1 Å². The van der Waals surface area contributed by atoms with Crippen molar-refractivity contribution in [3.8, 4) is 17.6 Å². The molecule has 0 aliphatic carbocycles. The molecule has 0 aliphatic rings. The highest BCUT2D eigenvalue weighted by Crippen LogP contribution is 2.31. The van der Waals surface area contributed by atoms with E-state index < -0.39 is 11.7 Å². The fraction of sp³-hybridized carbons (Fsp3) is 0.286. The van der Waals surface area contributed by atoms with E-state index in [0.29, 0.717) is 6.42 Å². The highest BCUT2D eigenvalue weighted by Gasteiger charge is 2.30. The van der Waals surface area contributed by atoms with E-state index in [2.05, 4.69) is 17.2 Å². The number of rotatable bonds is 6. The summed E-state index contributed by atoms with van der Waals surface area (Å²) in [6, 6.07) is 14.1. The Bertz CT molecular complexity index is 807. The minimum absolute atomic E-state index is 0.0624. The predicted octanol–water partition coefficient (Wildman–Crippen LogP) is 4.40. The van der Waals surface area contributed by atoms with Crippen LogP contribution in [0.5, 0.6) is 5.75 Å². The number of hydrogen-bond acceptors (Lipinski definition) is 2. The lowest BCUT2D eigenvalue weighted by Crippen LogP contribution is -2.29. The molecule has 0 aliphatic heterocycles. The average Bonchev–Trinajstić information content (AvgIpc) is 2.65. The number of amides is 1. The van der Waals surface area contributed by atoms with Crippen molar-refractivity contribution in [2.45, 2.75) is 25.4 Å². The molecule has 2 rings (SSSR count). The summed E-state index contributed by atoms with van der Waals surface area (Å²) in [6.45, 7) is 2.02. The van der Waals surface area contributed by atoms with Gasteiger partial charge in [0, 0.05) is 0 Å². The fourth-order valence-corrected chi connectivity index (χ4v) is 2.51. The van der Waals surface area contributed by atoms with Gasteiger partial charge in [-0.1, -0.05) is 55.2 Å². The fourth-order valence-electron chi connectivity index (χ4n) is 2.51. The number of hydrogen-bond donors (Lipinski definition) is 1. The summed E-state index contributed by atoms with van der Waals surface area (Å²) in [5.74, 6) is 5.15. The standard InChI is InChI=1S/C21H20F3NO2/c1-2-19(16-9-4-3-5-10-16)20(26)25-13-6-7-14-27-18-12-8-11-17(15-18)21(22,23)24/h3-5,8-12,15,19H,2,13-14H2,1H3,(H,25,26). The molecule has 0 fully saturated rings. The first kappa shape index (κ1) is 20.4. The van der Waals surface area contributed by atoms with Crippen LogP contribution in [0.25, 0.3) is 0 Å². The summed E-state index contributed by atoms with van der Waals surface area (Å²) in [4.78, 5) is 12.2. The van der Waals surface area contributed by atoms with Gasteiger partial charge in [0.2, 0.25) is 5.91 Å². The topological polar surface area (TPSA) is 38.3 Å². The molecule has 3 nitrogen and oxygen atoms in total. The van der Waals surface area contributed by atoms with Gasteiger partial charge in [-0.2, -0.15) is 13.2 Å². The van der Waals surface area contributed by atoms with Gasteiger partial charge in [0.25, 0.3) is 0 Å². The van der Waals surface area contributed by atoms with Crippen LogP contribution in [0.3, 0.4) is 0 Å². The third-order valence-corrected chi connectivity index (χ3v) is 3.88. The third kappa shape index (κ3) is 6.37.